The molecule has 0 aliphatic carbocycles. The number of aromatic amines is 1. The number of benzene rings is 4. The maximum absolute atomic E-state index is 13.5. The second kappa shape index (κ2) is 10.3. The molecule has 0 aliphatic heterocycles. The first-order chi connectivity index (χ1) is 17.5. The van der Waals surface area contributed by atoms with Crippen molar-refractivity contribution in [3.8, 4) is 16.9 Å². The van der Waals surface area contributed by atoms with Gasteiger partial charge < -0.3 is 20.3 Å². The average molecular weight is 524 g/mol. The van der Waals surface area contributed by atoms with E-state index in [2.05, 4.69) is 4.98 Å². The van der Waals surface area contributed by atoms with Gasteiger partial charge in [0.2, 0.25) is 0 Å². The number of phenols is 1. The molecule has 0 amide bonds. The van der Waals surface area contributed by atoms with Crippen LogP contribution < -0.4 is 0 Å². The molecule has 0 aliphatic rings. The van der Waals surface area contributed by atoms with Gasteiger partial charge in [0, 0.05) is 38.5 Å². The largest absolute Gasteiger partial charge is 0.507 e. The zero-order valence-electron chi connectivity index (χ0n) is 19.3. The third-order valence-corrected chi connectivity index (χ3v) is 6.16. The molecule has 1 aromatic heterocycles. The van der Waals surface area contributed by atoms with E-state index in [1.807, 2.05) is 36.4 Å². The minimum atomic E-state index is -1.32. The lowest BCUT2D eigenvalue weighted by Crippen LogP contribution is -2.06. The number of H-pyrrole nitrogens is 1. The van der Waals surface area contributed by atoms with Crippen molar-refractivity contribution in [2.45, 2.75) is 12.8 Å². The number of aromatic nitrogens is 1. The number of carboxylic acid groups (broad SMARTS) is 2. The molecule has 37 heavy (non-hydrogen) atoms. The van der Waals surface area contributed by atoms with Gasteiger partial charge in [0.1, 0.15) is 22.9 Å². The Kier molecular flexibility index (Phi) is 7.13. The van der Waals surface area contributed by atoms with Crippen molar-refractivity contribution in [3.05, 3.63) is 101 Å². The van der Waals surface area contributed by atoms with E-state index < -0.39 is 35.2 Å². The standard InChI is InChI=1S/C15H12ClNO2.C13H8F2O3/c1-8(15(18)19)9-2-4-11-12-7-10(16)3-5-13(12)17-14(11)6-9;14-8-2-3-9(11(15)6-8)7-1-4-12(16)10(5-7)13(17)18/h2-8,17H,1H3,(H,18,19);1-6,16H,(H,17,18). The fourth-order valence-electron chi connectivity index (χ4n) is 3.90. The molecule has 4 N–H and O–H groups in total. The zero-order chi connectivity index (χ0) is 26.9. The lowest BCUT2D eigenvalue weighted by atomic mass is 10.00. The van der Waals surface area contributed by atoms with Gasteiger partial charge in [-0.1, -0.05) is 29.8 Å². The highest BCUT2D eigenvalue weighted by molar-refractivity contribution is 6.31. The monoisotopic (exact) mass is 523 g/mol. The van der Waals surface area contributed by atoms with Crippen LogP contribution >= 0.6 is 11.6 Å². The molecule has 0 radical (unpaired) electrons. The molecule has 0 fully saturated rings. The Bertz CT molecular complexity index is 1660. The lowest BCUT2D eigenvalue weighted by molar-refractivity contribution is -0.138. The van der Waals surface area contributed by atoms with E-state index in [-0.39, 0.29) is 16.7 Å². The van der Waals surface area contributed by atoms with Crippen molar-refractivity contribution in [3.63, 3.8) is 0 Å². The summed E-state index contributed by atoms with van der Waals surface area (Å²) in [7, 11) is 0. The molecule has 6 nitrogen and oxygen atoms in total. The van der Waals surface area contributed by atoms with Crippen LogP contribution in [0.4, 0.5) is 8.78 Å². The normalized spacial score (nSPS) is 11.7. The maximum Gasteiger partial charge on any atom is 0.339 e. The summed E-state index contributed by atoms with van der Waals surface area (Å²) in [6.45, 7) is 1.68. The lowest BCUT2D eigenvalue weighted by Gasteiger charge is -2.06. The van der Waals surface area contributed by atoms with Gasteiger partial charge in [0.05, 0.1) is 5.92 Å². The Morgan fingerprint density at radius 3 is 2.30 bits per heavy atom. The SMILES string of the molecule is CC(C(=O)O)c1ccc2c(c1)[nH]c1ccc(Cl)cc12.O=C(O)c1cc(-c2ccc(F)cc2F)ccc1O. The van der Waals surface area contributed by atoms with Gasteiger partial charge in [-0.3, -0.25) is 4.79 Å². The molecular weight excluding hydrogens is 504 g/mol. The maximum atomic E-state index is 13.5. The molecule has 1 heterocycles. The Labute approximate surface area is 214 Å². The van der Waals surface area contributed by atoms with Crippen molar-refractivity contribution in [2.24, 2.45) is 0 Å². The smallest absolute Gasteiger partial charge is 0.339 e. The van der Waals surface area contributed by atoms with E-state index >= 15 is 0 Å². The van der Waals surface area contributed by atoms with Crippen LogP contribution in [0, 0.1) is 11.6 Å². The number of carboxylic acids is 2. The minimum Gasteiger partial charge on any atom is -0.507 e. The number of halogens is 3. The molecule has 0 spiro atoms. The van der Waals surface area contributed by atoms with Gasteiger partial charge in [0.25, 0.3) is 0 Å². The van der Waals surface area contributed by atoms with Crippen LogP contribution in [0.2, 0.25) is 5.02 Å². The van der Waals surface area contributed by atoms with Crippen LogP contribution in [0.1, 0.15) is 28.8 Å². The summed E-state index contributed by atoms with van der Waals surface area (Å²) in [5.41, 5.74) is 2.71. The number of hydrogen-bond acceptors (Lipinski definition) is 3. The highest BCUT2D eigenvalue weighted by Gasteiger charge is 2.15. The van der Waals surface area contributed by atoms with Crippen LogP contribution in [-0.2, 0) is 4.79 Å². The molecule has 0 bridgehead atoms. The van der Waals surface area contributed by atoms with Crippen molar-refractivity contribution >= 4 is 45.3 Å². The van der Waals surface area contributed by atoms with Crippen LogP contribution in [0.5, 0.6) is 5.75 Å². The van der Waals surface area contributed by atoms with Crippen molar-refractivity contribution in [1.82, 2.24) is 4.98 Å². The number of aromatic carboxylic acids is 1. The van der Waals surface area contributed by atoms with Gasteiger partial charge >= 0.3 is 11.9 Å². The van der Waals surface area contributed by atoms with Crippen molar-refractivity contribution in [2.75, 3.05) is 0 Å². The number of fused-ring (bicyclic) bond motifs is 3. The number of nitrogens with one attached hydrogen (secondary N) is 1. The minimum absolute atomic E-state index is 0.0684. The van der Waals surface area contributed by atoms with Gasteiger partial charge in [-0.15, -0.1) is 0 Å². The Morgan fingerprint density at radius 2 is 1.62 bits per heavy atom. The number of rotatable bonds is 4. The van der Waals surface area contributed by atoms with E-state index in [0.29, 0.717) is 11.1 Å². The summed E-state index contributed by atoms with van der Waals surface area (Å²) in [6, 6.07) is 18.0. The summed E-state index contributed by atoms with van der Waals surface area (Å²) in [6.07, 6.45) is 0. The fourth-order valence-corrected chi connectivity index (χ4v) is 4.08. The number of aromatic hydroxyl groups is 1. The number of carbonyl (C=O) groups is 2. The average Bonchev–Trinajstić information content (AvgIpc) is 3.21. The van der Waals surface area contributed by atoms with Crippen LogP contribution in [-0.4, -0.2) is 32.2 Å². The summed E-state index contributed by atoms with van der Waals surface area (Å²) in [5.74, 6) is -4.57. The van der Waals surface area contributed by atoms with Gasteiger partial charge in [-0.25, -0.2) is 13.6 Å². The van der Waals surface area contributed by atoms with Crippen LogP contribution in [0.25, 0.3) is 32.9 Å². The summed E-state index contributed by atoms with van der Waals surface area (Å²) in [5, 5.41) is 30.0. The van der Waals surface area contributed by atoms with Gasteiger partial charge in [-0.05, 0) is 66.6 Å². The second-order valence-corrected chi connectivity index (χ2v) is 8.78. The highest BCUT2D eigenvalue weighted by atomic mass is 35.5. The molecule has 5 aromatic rings. The van der Waals surface area contributed by atoms with E-state index in [0.717, 1.165) is 45.6 Å². The molecule has 1 unspecified atom stereocenters. The van der Waals surface area contributed by atoms with Gasteiger partial charge in [0.15, 0.2) is 0 Å². The third kappa shape index (κ3) is 5.39. The predicted octanol–water partition coefficient (Wildman–Crippen LogP) is 7.20. The highest BCUT2D eigenvalue weighted by Crippen LogP contribution is 2.30. The molecule has 1 atom stereocenters. The van der Waals surface area contributed by atoms with Crippen LogP contribution in [0.3, 0.4) is 0 Å². The summed E-state index contributed by atoms with van der Waals surface area (Å²) < 4.78 is 26.3. The van der Waals surface area contributed by atoms with E-state index in [4.69, 9.17) is 21.8 Å². The Morgan fingerprint density at radius 1 is 0.865 bits per heavy atom. The Hall–Kier alpha value is -4.43. The number of hydrogen-bond donors (Lipinski definition) is 4. The van der Waals surface area contributed by atoms with Crippen molar-refractivity contribution < 1.29 is 33.7 Å². The fraction of sp³-hybridized carbons (Fsp3) is 0.0714. The van der Waals surface area contributed by atoms with Crippen molar-refractivity contribution in [1.29, 1.82) is 0 Å². The molecule has 0 saturated carbocycles. The number of aliphatic carboxylic acids is 1. The van der Waals surface area contributed by atoms with E-state index in [1.165, 1.54) is 12.1 Å². The third-order valence-electron chi connectivity index (χ3n) is 5.92. The second-order valence-electron chi connectivity index (χ2n) is 8.34. The summed E-state index contributed by atoms with van der Waals surface area (Å²) >= 11 is 6.01. The topological polar surface area (TPSA) is 111 Å². The first-order valence-corrected chi connectivity index (χ1v) is 11.4. The van der Waals surface area contributed by atoms with E-state index in [1.54, 1.807) is 6.92 Å². The quantitative estimate of drug-likeness (QED) is 0.199. The van der Waals surface area contributed by atoms with Crippen LogP contribution in [0.15, 0.2) is 72.8 Å². The molecule has 9 heteroatoms. The Balaban J connectivity index is 0.000000173. The molecule has 4 aromatic carbocycles. The first kappa shape index (κ1) is 25.7. The first-order valence-electron chi connectivity index (χ1n) is 11.0. The molecule has 5 rings (SSSR count). The zero-order valence-corrected chi connectivity index (χ0v) is 20.1. The molecule has 188 valence electrons. The predicted molar refractivity (Wildman–Crippen MR) is 137 cm³/mol. The van der Waals surface area contributed by atoms with Gasteiger partial charge in [-0.2, -0.15) is 0 Å². The molecule has 0 saturated heterocycles. The summed E-state index contributed by atoms with van der Waals surface area (Å²) in [4.78, 5) is 25.1. The molecular formula is C28H20ClF2NO5. The van der Waals surface area contributed by atoms with E-state index in [9.17, 15) is 23.5 Å².